The Kier molecular flexibility index (Phi) is 6.16. The van der Waals surface area contributed by atoms with Crippen molar-refractivity contribution in [3.63, 3.8) is 0 Å². The van der Waals surface area contributed by atoms with Gasteiger partial charge in [0.25, 0.3) is 11.8 Å². The summed E-state index contributed by atoms with van der Waals surface area (Å²) >= 11 is 0. The maximum Gasteiger partial charge on any atom is 0.278 e. The molecule has 2 aromatic rings. The monoisotopic (exact) mass is 433 g/mol. The largest absolute Gasteiger partial charge is 0.497 e. The number of ether oxygens (including phenoxy) is 2. The number of rotatable bonds is 7. The molecule has 0 radical (unpaired) electrons. The standard InChI is InChI=1S/C25H27N3O4/c1-4-13-28-24(29)22(18-9-11-19(31-2)12-10-18)23(25(28)30)27-16-14-26(15-17-27)20-7-5-6-8-21(20)32-3/h4-12H,1,13-17H2,2-3H3. The van der Waals surface area contributed by atoms with Crippen LogP contribution < -0.4 is 14.4 Å². The van der Waals surface area contributed by atoms with E-state index >= 15 is 0 Å². The van der Waals surface area contributed by atoms with Crippen molar-refractivity contribution in [2.45, 2.75) is 0 Å². The van der Waals surface area contributed by atoms with Crippen molar-refractivity contribution in [3.8, 4) is 11.5 Å². The molecule has 2 amide bonds. The highest BCUT2D eigenvalue weighted by Gasteiger charge is 2.41. The van der Waals surface area contributed by atoms with Crippen LogP contribution in [0.2, 0.25) is 0 Å². The molecule has 166 valence electrons. The molecule has 0 aliphatic carbocycles. The fourth-order valence-corrected chi connectivity index (χ4v) is 4.23. The van der Waals surface area contributed by atoms with Gasteiger partial charge in [0.15, 0.2) is 0 Å². The number of amides is 2. The van der Waals surface area contributed by atoms with Gasteiger partial charge >= 0.3 is 0 Å². The molecular formula is C25H27N3O4. The van der Waals surface area contributed by atoms with Crippen molar-refractivity contribution in [1.82, 2.24) is 9.80 Å². The van der Waals surface area contributed by atoms with E-state index in [4.69, 9.17) is 9.47 Å². The minimum atomic E-state index is -0.290. The zero-order valence-corrected chi connectivity index (χ0v) is 18.4. The summed E-state index contributed by atoms with van der Waals surface area (Å²) in [6, 6.07) is 15.2. The summed E-state index contributed by atoms with van der Waals surface area (Å²) in [4.78, 5) is 32.0. The number of hydrogen-bond donors (Lipinski definition) is 0. The van der Waals surface area contributed by atoms with E-state index in [1.807, 2.05) is 41.3 Å². The van der Waals surface area contributed by atoms with E-state index in [0.717, 1.165) is 11.4 Å². The van der Waals surface area contributed by atoms with Gasteiger partial charge in [-0.3, -0.25) is 14.5 Å². The van der Waals surface area contributed by atoms with Gasteiger partial charge in [-0.1, -0.05) is 30.3 Å². The summed E-state index contributed by atoms with van der Waals surface area (Å²) in [5, 5.41) is 0. The van der Waals surface area contributed by atoms with Gasteiger partial charge in [0.1, 0.15) is 17.2 Å². The summed E-state index contributed by atoms with van der Waals surface area (Å²) in [5.41, 5.74) is 2.63. The van der Waals surface area contributed by atoms with Gasteiger partial charge in [0.05, 0.1) is 25.5 Å². The smallest absolute Gasteiger partial charge is 0.278 e. The first kappa shape index (κ1) is 21.5. The molecule has 0 bridgehead atoms. The molecule has 2 aliphatic heterocycles. The van der Waals surface area contributed by atoms with Gasteiger partial charge in [-0.05, 0) is 29.8 Å². The summed E-state index contributed by atoms with van der Waals surface area (Å²) in [6.07, 6.45) is 1.57. The van der Waals surface area contributed by atoms with Gasteiger partial charge in [-0.15, -0.1) is 6.58 Å². The summed E-state index contributed by atoms with van der Waals surface area (Å²) in [5.74, 6) is 0.957. The topological polar surface area (TPSA) is 62.3 Å². The summed E-state index contributed by atoms with van der Waals surface area (Å²) in [6.45, 7) is 6.54. The predicted molar refractivity (Wildman–Crippen MR) is 124 cm³/mol. The van der Waals surface area contributed by atoms with Crippen LogP contribution >= 0.6 is 0 Å². The van der Waals surface area contributed by atoms with E-state index < -0.39 is 0 Å². The number of piperazine rings is 1. The lowest BCUT2D eigenvalue weighted by atomic mass is 10.0. The van der Waals surface area contributed by atoms with Gasteiger partial charge < -0.3 is 19.3 Å². The maximum atomic E-state index is 13.3. The molecule has 1 saturated heterocycles. The number of anilines is 1. The molecule has 4 rings (SSSR count). The SMILES string of the molecule is C=CCN1C(=O)C(c2ccc(OC)cc2)=C(N2CCN(c3ccccc3OC)CC2)C1=O. The first-order valence-electron chi connectivity index (χ1n) is 10.6. The second-order valence-corrected chi connectivity index (χ2v) is 7.61. The zero-order valence-electron chi connectivity index (χ0n) is 18.4. The zero-order chi connectivity index (χ0) is 22.7. The number of carbonyl (C=O) groups is 2. The first-order valence-corrected chi connectivity index (χ1v) is 10.6. The fourth-order valence-electron chi connectivity index (χ4n) is 4.23. The molecule has 1 fully saturated rings. The van der Waals surface area contributed by atoms with E-state index in [9.17, 15) is 9.59 Å². The number of carbonyl (C=O) groups excluding carboxylic acids is 2. The second-order valence-electron chi connectivity index (χ2n) is 7.61. The van der Waals surface area contributed by atoms with Crippen LogP contribution in [0.4, 0.5) is 5.69 Å². The van der Waals surface area contributed by atoms with Crippen LogP contribution in [-0.4, -0.2) is 68.6 Å². The Balaban J connectivity index is 1.64. The van der Waals surface area contributed by atoms with Crippen molar-refractivity contribution in [2.75, 3.05) is 51.8 Å². The Morgan fingerprint density at radius 1 is 0.875 bits per heavy atom. The fraction of sp³-hybridized carbons (Fsp3) is 0.280. The van der Waals surface area contributed by atoms with Crippen LogP contribution in [0.15, 0.2) is 66.9 Å². The summed E-state index contributed by atoms with van der Waals surface area (Å²) in [7, 11) is 3.26. The molecule has 0 unspecified atom stereocenters. The third kappa shape index (κ3) is 3.82. The van der Waals surface area contributed by atoms with Crippen molar-refractivity contribution >= 4 is 23.1 Å². The predicted octanol–water partition coefficient (Wildman–Crippen LogP) is 2.79. The molecule has 7 nitrogen and oxygen atoms in total. The van der Waals surface area contributed by atoms with Crippen LogP contribution in [0, 0.1) is 0 Å². The van der Waals surface area contributed by atoms with Crippen LogP contribution in [0.5, 0.6) is 11.5 Å². The molecule has 0 saturated carbocycles. The number of hydrogen-bond acceptors (Lipinski definition) is 6. The highest BCUT2D eigenvalue weighted by molar-refractivity contribution is 6.35. The number of para-hydroxylation sites is 2. The molecule has 7 heteroatoms. The molecule has 0 N–H and O–H groups in total. The maximum absolute atomic E-state index is 13.3. The molecular weight excluding hydrogens is 406 g/mol. The third-order valence-corrected chi connectivity index (χ3v) is 5.86. The van der Waals surface area contributed by atoms with E-state index in [1.54, 1.807) is 32.4 Å². The second kappa shape index (κ2) is 9.18. The van der Waals surface area contributed by atoms with E-state index in [1.165, 1.54) is 4.90 Å². The Morgan fingerprint density at radius 2 is 1.53 bits per heavy atom. The highest BCUT2D eigenvalue weighted by atomic mass is 16.5. The molecule has 2 aromatic carbocycles. The Hall–Kier alpha value is -3.74. The first-order chi connectivity index (χ1) is 15.6. The minimum absolute atomic E-state index is 0.183. The van der Waals surface area contributed by atoms with Crippen LogP contribution in [0.1, 0.15) is 5.56 Å². The van der Waals surface area contributed by atoms with Crippen molar-refractivity contribution in [2.24, 2.45) is 0 Å². The Labute approximate surface area is 188 Å². The van der Waals surface area contributed by atoms with E-state index in [2.05, 4.69) is 11.5 Å². The highest BCUT2D eigenvalue weighted by Crippen LogP contribution is 2.34. The molecule has 2 aliphatic rings. The number of methoxy groups -OCH3 is 2. The van der Waals surface area contributed by atoms with Gasteiger partial charge in [-0.2, -0.15) is 0 Å². The van der Waals surface area contributed by atoms with Gasteiger partial charge in [0, 0.05) is 32.7 Å². The average Bonchev–Trinajstić information content (AvgIpc) is 3.09. The van der Waals surface area contributed by atoms with Crippen LogP contribution in [0.25, 0.3) is 5.57 Å². The number of imide groups is 1. The van der Waals surface area contributed by atoms with Gasteiger partial charge in [0.2, 0.25) is 0 Å². The quantitative estimate of drug-likeness (QED) is 0.494. The molecule has 0 atom stereocenters. The van der Waals surface area contributed by atoms with Crippen LogP contribution in [-0.2, 0) is 9.59 Å². The van der Waals surface area contributed by atoms with Crippen molar-refractivity contribution in [1.29, 1.82) is 0 Å². The van der Waals surface area contributed by atoms with E-state index in [-0.39, 0.29) is 18.4 Å². The lowest BCUT2D eigenvalue weighted by Crippen LogP contribution is -2.47. The molecule has 32 heavy (non-hydrogen) atoms. The molecule has 2 heterocycles. The van der Waals surface area contributed by atoms with Crippen molar-refractivity contribution in [3.05, 3.63) is 72.4 Å². The lowest BCUT2D eigenvalue weighted by Gasteiger charge is -2.38. The Bertz CT molecular complexity index is 1050. The minimum Gasteiger partial charge on any atom is -0.497 e. The summed E-state index contributed by atoms with van der Waals surface area (Å²) < 4.78 is 10.7. The third-order valence-electron chi connectivity index (χ3n) is 5.86. The number of benzene rings is 2. The Morgan fingerprint density at radius 3 is 2.16 bits per heavy atom. The number of nitrogens with zero attached hydrogens (tertiary/aromatic N) is 3. The van der Waals surface area contributed by atoms with E-state index in [0.29, 0.717) is 48.8 Å². The lowest BCUT2D eigenvalue weighted by molar-refractivity contribution is -0.136. The van der Waals surface area contributed by atoms with Gasteiger partial charge in [-0.25, -0.2) is 0 Å². The molecule has 0 spiro atoms. The molecule has 0 aromatic heterocycles. The van der Waals surface area contributed by atoms with Crippen molar-refractivity contribution < 1.29 is 19.1 Å². The van der Waals surface area contributed by atoms with Crippen LogP contribution in [0.3, 0.4) is 0 Å². The average molecular weight is 434 g/mol. The normalized spacial score (nSPS) is 16.6.